The Balaban J connectivity index is 1.70. The second kappa shape index (κ2) is 14.8. The van der Waals surface area contributed by atoms with Gasteiger partial charge in [-0.15, -0.1) is 5.10 Å². The fourth-order valence-electron chi connectivity index (χ4n) is 5.25. The molecule has 2 unspecified atom stereocenters. The molecule has 0 bridgehead atoms. The lowest BCUT2D eigenvalue weighted by atomic mass is 10.1. The maximum absolute atomic E-state index is 13.9. The van der Waals surface area contributed by atoms with Crippen molar-refractivity contribution in [2.24, 2.45) is 0 Å². The van der Waals surface area contributed by atoms with Crippen LogP contribution >= 0.6 is 0 Å². The summed E-state index contributed by atoms with van der Waals surface area (Å²) in [6.07, 6.45) is -0.821. The van der Waals surface area contributed by atoms with Gasteiger partial charge in [0.2, 0.25) is 10.0 Å². The number of hydrogen-bond acceptors (Lipinski definition) is 10. The van der Waals surface area contributed by atoms with Gasteiger partial charge in [-0.1, -0.05) is 0 Å². The van der Waals surface area contributed by atoms with Gasteiger partial charge >= 0.3 is 6.09 Å². The van der Waals surface area contributed by atoms with Crippen molar-refractivity contribution in [3.8, 4) is 0 Å². The van der Waals surface area contributed by atoms with Crippen molar-refractivity contribution in [1.82, 2.24) is 19.0 Å². The largest absolute Gasteiger partial charge is 0.451 e. The predicted molar refractivity (Wildman–Crippen MR) is 173 cm³/mol. The van der Waals surface area contributed by atoms with Crippen LogP contribution in [-0.4, -0.2) is 107 Å². The number of aromatic nitrogens is 2. The summed E-state index contributed by atoms with van der Waals surface area (Å²) in [7, 11) is 4.35. The first-order chi connectivity index (χ1) is 22.2. The number of amides is 1. The molecule has 1 aliphatic heterocycles. The Bertz CT molecular complexity index is 1710. The summed E-state index contributed by atoms with van der Waals surface area (Å²) >= 11 is 0. The molecule has 13 nitrogen and oxygen atoms in total. The molecule has 16 heteroatoms. The number of nitrogens with one attached hydrogen (secondary N) is 2. The minimum Gasteiger partial charge on any atom is -0.451 e. The number of ether oxygens (including phenoxy) is 2. The number of carbonyl (C=O) groups excluding carboxylic acids is 2. The van der Waals surface area contributed by atoms with Crippen molar-refractivity contribution in [3.63, 3.8) is 0 Å². The number of sulfonamides is 1. The molecular weight excluding hydrogens is 636 g/mol. The zero-order valence-corrected chi connectivity index (χ0v) is 28.3. The van der Waals surface area contributed by atoms with Gasteiger partial charge in [0, 0.05) is 75.3 Å². The monoisotopic (exact) mass is 677 g/mol. The molecule has 4 rings (SSSR count). The van der Waals surface area contributed by atoms with E-state index in [9.17, 15) is 26.8 Å². The van der Waals surface area contributed by atoms with E-state index < -0.39 is 38.6 Å². The highest BCUT2D eigenvalue weighted by molar-refractivity contribution is 7.89. The van der Waals surface area contributed by atoms with Crippen LogP contribution in [0.3, 0.4) is 0 Å². The highest BCUT2D eigenvalue weighted by Gasteiger charge is 2.35. The molecule has 1 aromatic heterocycles. The number of nitrogens with zero attached hydrogens (tertiary/aromatic N) is 5. The molecule has 0 saturated carbocycles. The Morgan fingerprint density at radius 2 is 1.74 bits per heavy atom. The normalized spacial score (nSPS) is 14.8. The van der Waals surface area contributed by atoms with Crippen molar-refractivity contribution in [3.05, 3.63) is 64.9 Å². The minimum absolute atomic E-state index is 0.0120. The van der Waals surface area contributed by atoms with E-state index in [1.54, 1.807) is 13.2 Å². The van der Waals surface area contributed by atoms with Crippen molar-refractivity contribution in [2.45, 2.75) is 43.8 Å². The third-order valence-corrected chi connectivity index (χ3v) is 9.83. The molecule has 0 saturated heterocycles. The second-order valence-corrected chi connectivity index (χ2v) is 13.7. The Morgan fingerprint density at radius 1 is 1.06 bits per heavy atom. The standard InChI is InChI=1S/C31H41F2N7O6S/c1-19(18-45-6)34-27-15-23(38(5)16-20(2)37(3)4)8-9-25(27)30(41)35-29-26-17-39(11-10-28(26)40(36-29)31(42)46-7)47(43,44)24-13-21(32)12-22(33)14-24/h8-9,12-15,19-20,34H,10-11,16-18H2,1-7H3,(H,35,36,41). The van der Waals surface area contributed by atoms with Crippen LogP contribution in [0, 0.1) is 11.6 Å². The van der Waals surface area contributed by atoms with Crippen molar-refractivity contribution < 1.29 is 36.3 Å². The average Bonchev–Trinajstić information content (AvgIpc) is 3.37. The Hall–Kier alpha value is -4.12. The van der Waals surface area contributed by atoms with Crippen LogP contribution in [0.1, 0.15) is 35.5 Å². The number of methoxy groups -OCH3 is 2. The Labute approximate surface area is 273 Å². The molecule has 256 valence electrons. The number of carbonyl (C=O) groups is 2. The molecule has 2 heterocycles. The average molecular weight is 678 g/mol. The fourth-order valence-corrected chi connectivity index (χ4v) is 6.70. The zero-order chi connectivity index (χ0) is 34.6. The molecule has 1 aliphatic rings. The van der Waals surface area contributed by atoms with E-state index in [2.05, 4.69) is 32.5 Å². The molecule has 0 aliphatic carbocycles. The van der Waals surface area contributed by atoms with E-state index in [4.69, 9.17) is 9.47 Å². The second-order valence-electron chi connectivity index (χ2n) is 11.7. The van der Waals surface area contributed by atoms with Gasteiger partial charge in [-0.05, 0) is 58.3 Å². The number of fused-ring (bicyclic) bond motifs is 1. The van der Waals surface area contributed by atoms with Gasteiger partial charge in [-0.25, -0.2) is 22.0 Å². The summed E-state index contributed by atoms with van der Waals surface area (Å²) in [6, 6.07) is 7.48. The van der Waals surface area contributed by atoms with Crippen molar-refractivity contribution in [1.29, 1.82) is 0 Å². The topological polar surface area (TPSA) is 138 Å². The van der Waals surface area contributed by atoms with Crippen molar-refractivity contribution >= 4 is 39.2 Å². The van der Waals surface area contributed by atoms with Gasteiger partial charge < -0.3 is 29.9 Å². The summed E-state index contributed by atoms with van der Waals surface area (Å²) in [5, 5.41) is 10.3. The lowest BCUT2D eigenvalue weighted by Crippen LogP contribution is -2.37. The molecule has 3 aromatic rings. The molecule has 2 aromatic carbocycles. The molecular formula is C31H41F2N7O6S. The maximum Gasteiger partial charge on any atom is 0.434 e. The quantitative estimate of drug-likeness (QED) is 0.293. The first-order valence-electron chi connectivity index (χ1n) is 14.9. The van der Waals surface area contributed by atoms with E-state index in [-0.39, 0.29) is 48.5 Å². The Kier molecular flexibility index (Phi) is 11.2. The fraction of sp³-hybridized carbons (Fsp3) is 0.452. The third kappa shape index (κ3) is 8.06. The van der Waals surface area contributed by atoms with E-state index >= 15 is 0 Å². The van der Waals surface area contributed by atoms with Crippen LogP contribution < -0.4 is 15.5 Å². The molecule has 0 spiro atoms. The lowest BCUT2D eigenvalue weighted by molar-refractivity contribution is 0.102. The van der Waals surface area contributed by atoms with Crippen LogP contribution in [-0.2, 0) is 32.5 Å². The van der Waals surface area contributed by atoms with Crippen molar-refractivity contribution in [2.75, 3.05) is 70.6 Å². The maximum atomic E-state index is 13.9. The van der Waals surface area contributed by atoms with Crippen LogP contribution in [0.5, 0.6) is 0 Å². The smallest absolute Gasteiger partial charge is 0.434 e. The van der Waals surface area contributed by atoms with E-state index in [0.29, 0.717) is 24.1 Å². The van der Waals surface area contributed by atoms with Gasteiger partial charge in [0.05, 0.1) is 29.9 Å². The number of likely N-dealkylation sites (N-methyl/N-ethyl adjacent to an activating group) is 2. The summed E-state index contributed by atoms with van der Waals surface area (Å²) < 4.78 is 66.8. The molecule has 47 heavy (non-hydrogen) atoms. The predicted octanol–water partition coefficient (Wildman–Crippen LogP) is 3.61. The van der Waals surface area contributed by atoms with Gasteiger partial charge in [0.25, 0.3) is 5.91 Å². The SMILES string of the molecule is COCC(C)Nc1cc(N(C)CC(C)N(C)C)ccc1C(=O)Nc1nn(C(=O)OC)c2c1CN(S(=O)(=O)c1cc(F)cc(F)c1)CC2. The van der Waals surface area contributed by atoms with Crippen LogP contribution in [0.2, 0.25) is 0 Å². The summed E-state index contributed by atoms with van der Waals surface area (Å²) in [4.78, 5) is 30.1. The molecule has 2 atom stereocenters. The van der Waals surface area contributed by atoms with Gasteiger partial charge in [0.15, 0.2) is 5.82 Å². The van der Waals surface area contributed by atoms with Crippen LogP contribution in [0.4, 0.5) is 30.8 Å². The number of anilines is 3. The van der Waals surface area contributed by atoms with E-state index in [0.717, 1.165) is 33.4 Å². The highest BCUT2D eigenvalue weighted by atomic mass is 32.2. The molecule has 0 radical (unpaired) electrons. The number of benzene rings is 2. The number of hydrogen-bond donors (Lipinski definition) is 2. The minimum atomic E-state index is -4.36. The number of rotatable bonds is 12. The van der Waals surface area contributed by atoms with Gasteiger partial charge in [-0.2, -0.15) is 8.99 Å². The third-order valence-electron chi connectivity index (χ3n) is 8.00. The van der Waals surface area contributed by atoms with Crippen LogP contribution in [0.25, 0.3) is 0 Å². The summed E-state index contributed by atoms with van der Waals surface area (Å²) in [5.74, 6) is -2.71. The Morgan fingerprint density at radius 3 is 2.36 bits per heavy atom. The molecule has 1 amide bonds. The lowest BCUT2D eigenvalue weighted by Gasteiger charge is -2.28. The van der Waals surface area contributed by atoms with Gasteiger partial charge in [0.1, 0.15) is 11.6 Å². The number of halogens is 2. The molecule has 0 fully saturated rings. The summed E-state index contributed by atoms with van der Waals surface area (Å²) in [5.41, 5.74) is 2.23. The first kappa shape index (κ1) is 35.7. The summed E-state index contributed by atoms with van der Waals surface area (Å²) in [6.45, 7) is 4.67. The highest BCUT2D eigenvalue weighted by Crippen LogP contribution is 2.32. The van der Waals surface area contributed by atoms with E-state index in [1.165, 1.54) is 7.11 Å². The van der Waals surface area contributed by atoms with E-state index in [1.807, 2.05) is 40.2 Å². The van der Waals surface area contributed by atoms with Crippen LogP contribution in [0.15, 0.2) is 41.3 Å². The van der Waals surface area contributed by atoms with Gasteiger partial charge in [-0.3, -0.25) is 4.79 Å². The molecule has 2 N–H and O–H groups in total. The first-order valence-corrected chi connectivity index (χ1v) is 16.3. The zero-order valence-electron chi connectivity index (χ0n) is 27.5.